The molecular weight excluding hydrogens is 408 g/mol. The number of nitrogens with zero attached hydrogens (tertiary/aromatic N) is 1. The van der Waals surface area contributed by atoms with E-state index in [-0.39, 0.29) is 24.4 Å². The molecule has 1 amide bonds. The Hall–Kier alpha value is -0.820. The first-order valence-corrected chi connectivity index (χ1v) is 9.46. The quantitative estimate of drug-likeness (QED) is 0.604. The zero-order valence-electron chi connectivity index (χ0n) is 14.5. The smallest absolute Gasteiger partial charge is 0.222 e. The average Bonchev–Trinajstić information content (AvgIpc) is 2.61. The zero-order valence-corrected chi connectivity index (χ0v) is 16.9. The van der Waals surface area contributed by atoms with Crippen molar-refractivity contribution in [2.45, 2.75) is 38.2 Å². The molecule has 1 aliphatic rings. The van der Waals surface area contributed by atoms with Crippen molar-refractivity contribution in [3.05, 3.63) is 28.7 Å². The number of nitrogens with two attached hydrogens (primary N) is 1. The number of carbonyl (C=O) groups is 1. The second-order valence-corrected chi connectivity index (χ2v) is 6.83. The van der Waals surface area contributed by atoms with Gasteiger partial charge in [-0.1, -0.05) is 12.1 Å². The predicted octanol–water partition coefficient (Wildman–Crippen LogP) is 3.39. The molecular formula is C18H28BrClN2O3. The van der Waals surface area contributed by atoms with Crippen LogP contribution < -0.4 is 10.5 Å². The van der Waals surface area contributed by atoms with Gasteiger partial charge in [-0.15, -0.1) is 12.4 Å². The molecule has 25 heavy (non-hydrogen) atoms. The summed E-state index contributed by atoms with van der Waals surface area (Å²) < 4.78 is 12.4. The number of rotatable bonds is 9. The van der Waals surface area contributed by atoms with Crippen LogP contribution >= 0.6 is 28.3 Å². The molecule has 1 fully saturated rings. The first-order chi connectivity index (χ1) is 11.7. The van der Waals surface area contributed by atoms with E-state index in [9.17, 15) is 4.79 Å². The van der Waals surface area contributed by atoms with Gasteiger partial charge in [0.15, 0.2) is 0 Å². The van der Waals surface area contributed by atoms with Crippen LogP contribution in [0.1, 0.15) is 32.1 Å². The van der Waals surface area contributed by atoms with Gasteiger partial charge in [-0.25, -0.2) is 0 Å². The summed E-state index contributed by atoms with van der Waals surface area (Å²) in [5.74, 6) is 1.03. The highest BCUT2D eigenvalue weighted by Gasteiger charge is 2.22. The summed E-state index contributed by atoms with van der Waals surface area (Å²) in [5.41, 5.74) is 5.46. The minimum atomic E-state index is 0. The van der Waals surface area contributed by atoms with Crippen LogP contribution in [0.25, 0.3) is 0 Å². The summed E-state index contributed by atoms with van der Waals surface area (Å²) in [6, 6.07) is 7.75. The third-order valence-electron chi connectivity index (χ3n) is 4.13. The molecule has 1 heterocycles. The van der Waals surface area contributed by atoms with Crippen molar-refractivity contribution >= 4 is 34.2 Å². The van der Waals surface area contributed by atoms with Gasteiger partial charge < -0.3 is 20.1 Å². The van der Waals surface area contributed by atoms with E-state index in [1.807, 2.05) is 29.2 Å². The fourth-order valence-corrected chi connectivity index (χ4v) is 3.13. The summed E-state index contributed by atoms with van der Waals surface area (Å²) in [5, 5.41) is 0. The van der Waals surface area contributed by atoms with Gasteiger partial charge in [-0.05, 0) is 60.3 Å². The number of carbonyl (C=O) groups excluding carboxylic acids is 1. The first-order valence-electron chi connectivity index (χ1n) is 8.67. The van der Waals surface area contributed by atoms with E-state index in [1.54, 1.807) is 0 Å². The maximum Gasteiger partial charge on any atom is 0.222 e. The molecule has 1 saturated heterocycles. The standard InChI is InChI=1S/C18H27BrN2O3.ClH/c19-16-5-1-2-6-17(16)24-13-3-7-18(22)21-11-8-15(9-12-21)23-14-4-10-20;/h1-2,5-6,15H,3-4,7-14,20H2;1H. The maximum atomic E-state index is 12.2. The molecule has 1 aliphatic heterocycles. The molecule has 0 spiro atoms. The van der Waals surface area contributed by atoms with Crippen LogP contribution in [0.5, 0.6) is 5.75 Å². The maximum absolute atomic E-state index is 12.2. The fraction of sp³-hybridized carbons (Fsp3) is 0.611. The van der Waals surface area contributed by atoms with Crippen LogP contribution in [0.2, 0.25) is 0 Å². The molecule has 0 aliphatic carbocycles. The monoisotopic (exact) mass is 434 g/mol. The van der Waals surface area contributed by atoms with Crippen LogP contribution in [0, 0.1) is 0 Å². The lowest BCUT2D eigenvalue weighted by molar-refractivity contribution is -0.134. The van der Waals surface area contributed by atoms with Crippen LogP contribution in [-0.2, 0) is 9.53 Å². The summed E-state index contributed by atoms with van der Waals surface area (Å²) in [6.45, 7) is 3.52. The van der Waals surface area contributed by atoms with Gasteiger partial charge >= 0.3 is 0 Å². The Morgan fingerprint density at radius 1 is 1.20 bits per heavy atom. The summed E-state index contributed by atoms with van der Waals surface area (Å²) in [7, 11) is 0. The van der Waals surface area contributed by atoms with Crippen molar-refractivity contribution in [1.82, 2.24) is 4.90 Å². The Morgan fingerprint density at radius 2 is 1.92 bits per heavy atom. The molecule has 0 saturated carbocycles. The van der Waals surface area contributed by atoms with Crippen LogP contribution in [0.3, 0.4) is 0 Å². The molecule has 0 unspecified atom stereocenters. The Labute approximate surface area is 164 Å². The normalized spacial score (nSPS) is 14.9. The van der Waals surface area contributed by atoms with Crippen molar-refractivity contribution in [3.8, 4) is 5.75 Å². The van der Waals surface area contributed by atoms with Crippen molar-refractivity contribution in [2.24, 2.45) is 5.73 Å². The summed E-state index contributed by atoms with van der Waals surface area (Å²) >= 11 is 3.45. The minimum Gasteiger partial charge on any atom is -0.492 e. The lowest BCUT2D eigenvalue weighted by Gasteiger charge is -2.32. The number of likely N-dealkylation sites (tertiary alicyclic amines) is 1. The largest absolute Gasteiger partial charge is 0.492 e. The zero-order chi connectivity index (χ0) is 17.2. The number of para-hydroxylation sites is 1. The predicted molar refractivity (Wildman–Crippen MR) is 105 cm³/mol. The molecule has 1 aromatic rings. The van der Waals surface area contributed by atoms with Crippen molar-refractivity contribution < 1.29 is 14.3 Å². The van der Waals surface area contributed by atoms with Gasteiger partial charge in [0, 0.05) is 26.1 Å². The van der Waals surface area contributed by atoms with E-state index in [4.69, 9.17) is 15.2 Å². The van der Waals surface area contributed by atoms with Gasteiger partial charge in [0.05, 0.1) is 17.2 Å². The Morgan fingerprint density at radius 3 is 2.60 bits per heavy atom. The van der Waals surface area contributed by atoms with Crippen LogP contribution in [-0.4, -0.2) is 49.8 Å². The second kappa shape index (κ2) is 12.5. The number of hydrogen-bond acceptors (Lipinski definition) is 4. The molecule has 0 atom stereocenters. The Bertz CT molecular complexity index is 511. The third-order valence-corrected chi connectivity index (χ3v) is 4.78. The van der Waals surface area contributed by atoms with Gasteiger partial charge in [-0.3, -0.25) is 4.79 Å². The van der Waals surface area contributed by atoms with Gasteiger partial charge in [0.1, 0.15) is 5.75 Å². The number of amides is 1. The lowest BCUT2D eigenvalue weighted by Crippen LogP contribution is -2.41. The summed E-state index contributed by atoms with van der Waals surface area (Å²) in [4.78, 5) is 14.2. The number of ether oxygens (including phenoxy) is 2. The fourth-order valence-electron chi connectivity index (χ4n) is 2.73. The number of piperidine rings is 1. The van der Waals surface area contributed by atoms with Gasteiger partial charge in [0.2, 0.25) is 5.91 Å². The van der Waals surface area contributed by atoms with Crippen molar-refractivity contribution in [1.29, 1.82) is 0 Å². The van der Waals surface area contributed by atoms with E-state index >= 15 is 0 Å². The molecule has 7 heteroatoms. The molecule has 0 bridgehead atoms. The van der Waals surface area contributed by atoms with E-state index in [0.717, 1.165) is 55.6 Å². The highest BCUT2D eigenvalue weighted by Crippen LogP contribution is 2.24. The molecule has 2 rings (SSSR count). The van der Waals surface area contributed by atoms with E-state index in [2.05, 4.69) is 15.9 Å². The minimum absolute atomic E-state index is 0. The number of hydrogen-bond donors (Lipinski definition) is 1. The van der Waals surface area contributed by atoms with E-state index < -0.39 is 0 Å². The molecule has 142 valence electrons. The highest BCUT2D eigenvalue weighted by atomic mass is 79.9. The average molecular weight is 436 g/mol. The van der Waals surface area contributed by atoms with E-state index in [0.29, 0.717) is 19.6 Å². The number of benzene rings is 1. The Balaban J connectivity index is 0.00000312. The van der Waals surface area contributed by atoms with E-state index in [1.165, 1.54) is 0 Å². The van der Waals surface area contributed by atoms with Crippen molar-refractivity contribution in [3.63, 3.8) is 0 Å². The molecule has 5 nitrogen and oxygen atoms in total. The number of halogens is 2. The Kier molecular flexibility index (Phi) is 11.1. The summed E-state index contributed by atoms with van der Waals surface area (Å²) in [6.07, 6.45) is 4.28. The molecule has 0 radical (unpaired) electrons. The molecule has 2 N–H and O–H groups in total. The SMILES string of the molecule is Cl.NCCCOC1CCN(C(=O)CCCOc2ccccc2Br)CC1. The second-order valence-electron chi connectivity index (χ2n) is 5.98. The first kappa shape index (κ1) is 22.2. The van der Waals surface area contributed by atoms with Gasteiger partial charge in [0.25, 0.3) is 0 Å². The highest BCUT2D eigenvalue weighted by molar-refractivity contribution is 9.10. The third kappa shape index (κ3) is 7.94. The molecule has 0 aromatic heterocycles. The molecule has 1 aromatic carbocycles. The van der Waals surface area contributed by atoms with Crippen LogP contribution in [0.15, 0.2) is 28.7 Å². The lowest BCUT2D eigenvalue weighted by atomic mass is 10.1. The van der Waals surface area contributed by atoms with Gasteiger partial charge in [-0.2, -0.15) is 0 Å². The van der Waals surface area contributed by atoms with Crippen molar-refractivity contribution in [2.75, 3.05) is 32.8 Å². The topological polar surface area (TPSA) is 64.8 Å². The van der Waals surface area contributed by atoms with Crippen LogP contribution in [0.4, 0.5) is 0 Å².